The Bertz CT molecular complexity index is 725. The van der Waals surface area contributed by atoms with Gasteiger partial charge in [-0.25, -0.2) is 14.6 Å². The van der Waals surface area contributed by atoms with E-state index in [4.69, 9.17) is 10.5 Å². The van der Waals surface area contributed by atoms with Gasteiger partial charge in [0.25, 0.3) is 0 Å². The first-order chi connectivity index (χ1) is 12.0. The number of unbranched alkanes of at least 4 members (excludes halogenated alkanes) is 1. The van der Waals surface area contributed by atoms with Gasteiger partial charge in [-0.1, -0.05) is 6.07 Å². The van der Waals surface area contributed by atoms with Crippen LogP contribution in [-0.4, -0.2) is 30.6 Å². The predicted octanol–water partition coefficient (Wildman–Crippen LogP) is 3.25. The second kappa shape index (κ2) is 9.17. The molecule has 2 N–H and O–H groups in total. The molecular formula is C18H22N2O4S. The normalized spacial score (nSPS) is 10.5. The molecule has 2 heterocycles. The van der Waals surface area contributed by atoms with Gasteiger partial charge in [0.05, 0.1) is 19.3 Å². The molecule has 0 saturated carbocycles. The molecule has 0 fully saturated rings. The molecule has 0 spiro atoms. The maximum Gasteiger partial charge on any atom is 0.356 e. The summed E-state index contributed by atoms with van der Waals surface area (Å²) in [6, 6.07) is 5.39. The van der Waals surface area contributed by atoms with Crippen molar-refractivity contribution in [2.45, 2.75) is 32.6 Å². The largest absolute Gasteiger partial charge is 0.464 e. The number of hydrogen-bond donors (Lipinski definition) is 1. The molecule has 0 bridgehead atoms. The van der Waals surface area contributed by atoms with Crippen LogP contribution in [0.5, 0.6) is 0 Å². The van der Waals surface area contributed by atoms with Crippen molar-refractivity contribution in [3.05, 3.63) is 46.1 Å². The van der Waals surface area contributed by atoms with Crippen LogP contribution in [0.25, 0.3) is 0 Å². The second-order valence-corrected chi connectivity index (χ2v) is 6.63. The summed E-state index contributed by atoms with van der Waals surface area (Å²) in [6.45, 7) is 2.11. The summed E-state index contributed by atoms with van der Waals surface area (Å²) in [7, 11) is 1.34. The van der Waals surface area contributed by atoms with Crippen molar-refractivity contribution >= 4 is 28.3 Å². The lowest BCUT2D eigenvalue weighted by atomic mass is 10.1. The number of nitrogen functional groups attached to an aromatic ring is 1. The summed E-state index contributed by atoms with van der Waals surface area (Å²) < 4.78 is 9.61. The second-order valence-electron chi connectivity index (χ2n) is 5.46. The van der Waals surface area contributed by atoms with Gasteiger partial charge in [-0.2, -0.15) is 0 Å². The summed E-state index contributed by atoms with van der Waals surface area (Å²) in [4.78, 5) is 28.3. The molecule has 134 valence electrons. The van der Waals surface area contributed by atoms with Crippen LogP contribution in [0.15, 0.2) is 24.4 Å². The molecule has 2 rings (SSSR count). The quantitative estimate of drug-likeness (QED) is 0.572. The minimum absolute atomic E-state index is 0.312. The van der Waals surface area contributed by atoms with E-state index >= 15 is 0 Å². The summed E-state index contributed by atoms with van der Waals surface area (Å²) in [5.74, 6) is -0.793. The molecule has 7 heteroatoms. The van der Waals surface area contributed by atoms with Gasteiger partial charge in [0.2, 0.25) is 0 Å². The molecule has 2 aromatic heterocycles. The number of aromatic nitrogens is 1. The van der Waals surface area contributed by atoms with Crippen molar-refractivity contribution in [2.75, 3.05) is 19.5 Å². The van der Waals surface area contributed by atoms with E-state index in [0.29, 0.717) is 22.9 Å². The smallest absolute Gasteiger partial charge is 0.356 e. The maximum absolute atomic E-state index is 11.8. The highest BCUT2D eigenvalue weighted by molar-refractivity contribution is 7.16. The van der Waals surface area contributed by atoms with E-state index in [9.17, 15) is 9.59 Å². The van der Waals surface area contributed by atoms with E-state index in [1.54, 1.807) is 19.2 Å². The number of thiophene rings is 1. The van der Waals surface area contributed by atoms with Gasteiger partial charge in [-0.3, -0.25) is 0 Å². The number of pyridine rings is 1. The zero-order valence-electron chi connectivity index (χ0n) is 14.4. The zero-order valence-corrected chi connectivity index (χ0v) is 15.2. The number of hydrogen-bond acceptors (Lipinski definition) is 7. The number of rotatable bonds is 8. The highest BCUT2D eigenvalue weighted by Gasteiger charge is 2.14. The van der Waals surface area contributed by atoms with Gasteiger partial charge in [0, 0.05) is 11.1 Å². The monoisotopic (exact) mass is 362 g/mol. The highest BCUT2D eigenvalue weighted by atomic mass is 32.1. The van der Waals surface area contributed by atoms with Crippen molar-refractivity contribution in [2.24, 2.45) is 0 Å². The minimum atomic E-state index is -0.431. The van der Waals surface area contributed by atoms with Gasteiger partial charge in [-0.15, -0.1) is 11.3 Å². The maximum atomic E-state index is 11.8. The van der Waals surface area contributed by atoms with Crippen LogP contribution in [0.4, 0.5) is 5.00 Å². The Morgan fingerprint density at radius 1 is 1.20 bits per heavy atom. The molecule has 6 nitrogen and oxygen atoms in total. The number of esters is 2. The van der Waals surface area contributed by atoms with Crippen LogP contribution in [0.1, 0.15) is 51.1 Å². The topological polar surface area (TPSA) is 91.5 Å². The van der Waals surface area contributed by atoms with E-state index in [2.05, 4.69) is 9.72 Å². The first kappa shape index (κ1) is 18.9. The zero-order chi connectivity index (χ0) is 18.2. The molecule has 0 aliphatic heterocycles. The fourth-order valence-corrected chi connectivity index (χ4v) is 3.33. The van der Waals surface area contributed by atoms with Crippen LogP contribution in [0, 0.1) is 0 Å². The van der Waals surface area contributed by atoms with Gasteiger partial charge in [-0.05, 0) is 50.3 Å². The number of nitrogens with zero attached hydrogens (tertiary/aromatic N) is 1. The molecule has 0 unspecified atom stereocenters. The molecule has 2 aromatic rings. The first-order valence-electron chi connectivity index (χ1n) is 8.13. The Morgan fingerprint density at radius 3 is 2.60 bits per heavy atom. The van der Waals surface area contributed by atoms with Gasteiger partial charge in [0.15, 0.2) is 0 Å². The molecule has 0 saturated heterocycles. The van der Waals surface area contributed by atoms with Crippen molar-refractivity contribution < 1.29 is 19.1 Å². The highest BCUT2D eigenvalue weighted by Crippen LogP contribution is 2.27. The summed E-state index contributed by atoms with van der Waals surface area (Å²) >= 11 is 1.44. The van der Waals surface area contributed by atoms with Crippen LogP contribution in [0.3, 0.4) is 0 Å². The van der Waals surface area contributed by atoms with E-state index < -0.39 is 5.97 Å². The number of carbonyl (C=O) groups excluding carboxylic acids is 2. The van der Waals surface area contributed by atoms with Crippen molar-refractivity contribution in [3.8, 4) is 0 Å². The Kier molecular flexibility index (Phi) is 6.94. The Labute approximate surface area is 151 Å². The third-order valence-electron chi connectivity index (χ3n) is 3.67. The number of carbonyl (C=O) groups is 2. The predicted molar refractivity (Wildman–Crippen MR) is 96.9 cm³/mol. The molecule has 0 aliphatic rings. The van der Waals surface area contributed by atoms with Crippen LogP contribution < -0.4 is 5.73 Å². The molecule has 0 atom stereocenters. The molecule has 0 radical (unpaired) electrons. The van der Waals surface area contributed by atoms with E-state index in [1.807, 2.05) is 12.1 Å². The number of anilines is 1. The Morgan fingerprint density at radius 2 is 1.96 bits per heavy atom. The Hall–Kier alpha value is -2.41. The summed E-state index contributed by atoms with van der Waals surface area (Å²) in [5, 5.41) is 0.510. The molecule has 0 aromatic carbocycles. The third kappa shape index (κ3) is 5.29. The third-order valence-corrected chi connectivity index (χ3v) is 4.69. The molecule has 0 aliphatic carbocycles. The van der Waals surface area contributed by atoms with Crippen LogP contribution in [0.2, 0.25) is 0 Å². The lowest BCUT2D eigenvalue weighted by Gasteiger charge is -2.02. The molecule has 25 heavy (non-hydrogen) atoms. The number of ether oxygens (including phenoxy) is 2. The van der Waals surface area contributed by atoms with E-state index in [0.717, 1.165) is 36.1 Å². The van der Waals surface area contributed by atoms with Crippen molar-refractivity contribution in [1.29, 1.82) is 0 Å². The van der Waals surface area contributed by atoms with Crippen molar-refractivity contribution in [1.82, 2.24) is 4.98 Å². The van der Waals surface area contributed by atoms with Crippen LogP contribution >= 0.6 is 11.3 Å². The lowest BCUT2D eigenvalue weighted by molar-refractivity contribution is 0.0527. The van der Waals surface area contributed by atoms with E-state index in [1.165, 1.54) is 18.4 Å². The minimum Gasteiger partial charge on any atom is -0.464 e. The standard InChI is InChI=1S/C18H22N2O4S/c1-3-24-17(21)14-10-13(25-16(14)19)7-5-4-6-12-8-9-15(20-11-12)18(22)23-2/h8-11H,3-7,19H2,1-2H3. The molecule has 0 amide bonds. The molecular weight excluding hydrogens is 340 g/mol. The number of methoxy groups -OCH3 is 1. The van der Waals surface area contributed by atoms with Crippen LogP contribution in [-0.2, 0) is 22.3 Å². The Balaban J connectivity index is 1.80. The van der Waals surface area contributed by atoms with Gasteiger partial charge in [0.1, 0.15) is 10.7 Å². The van der Waals surface area contributed by atoms with Gasteiger partial charge >= 0.3 is 11.9 Å². The van der Waals surface area contributed by atoms with E-state index in [-0.39, 0.29) is 5.97 Å². The van der Waals surface area contributed by atoms with Gasteiger partial charge < -0.3 is 15.2 Å². The first-order valence-corrected chi connectivity index (χ1v) is 8.95. The average molecular weight is 362 g/mol. The summed E-state index contributed by atoms with van der Waals surface area (Å²) in [6.07, 6.45) is 5.39. The fourth-order valence-electron chi connectivity index (χ4n) is 2.38. The fraction of sp³-hybridized carbons (Fsp3) is 0.389. The number of aryl methyl sites for hydroxylation is 2. The number of nitrogens with two attached hydrogens (primary N) is 1. The lowest BCUT2D eigenvalue weighted by Crippen LogP contribution is -2.05. The average Bonchev–Trinajstić information content (AvgIpc) is 2.99. The van der Waals surface area contributed by atoms with Crippen molar-refractivity contribution in [3.63, 3.8) is 0 Å². The summed E-state index contributed by atoms with van der Waals surface area (Å²) in [5.41, 5.74) is 7.74. The SMILES string of the molecule is CCOC(=O)c1cc(CCCCc2ccc(C(=O)OC)nc2)sc1N.